The number of aliphatic hydroxyl groups is 1. The van der Waals surface area contributed by atoms with Crippen molar-refractivity contribution in [1.29, 1.82) is 0 Å². The molecule has 0 amide bonds. The first-order valence-corrected chi connectivity index (χ1v) is 6.30. The van der Waals surface area contributed by atoms with Crippen molar-refractivity contribution in [3.63, 3.8) is 0 Å². The van der Waals surface area contributed by atoms with Crippen LogP contribution in [-0.2, 0) is 4.79 Å². The quantitative estimate of drug-likeness (QED) is 0.802. The lowest BCUT2D eigenvalue weighted by atomic mass is 9.88. The number of para-hydroxylation sites is 1. The van der Waals surface area contributed by atoms with Gasteiger partial charge in [-0.25, -0.2) is 0 Å². The van der Waals surface area contributed by atoms with E-state index in [0.29, 0.717) is 17.8 Å². The van der Waals surface area contributed by atoms with Crippen LogP contribution in [0.2, 0.25) is 0 Å². The van der Waals surface area contributed by atoms with Gasteiger partial charge in [0.1, 0.15) is 10.7 Å². The molecule has 1 aromatic rings. The third kappa shape index (κ3) is 2.76. The molecule has 18 heavy (non-hydrogen) atoms. The fourth-order valence-electron chi connectivity index (χ4n) is 2.06. The molecule has 94 valence electrons. The van der Waals surface area contributed by atoms with Gasteiger partial charge in [-0.15, -0.1) is 0 Å². The molecule has 1 aromatic carbocycles. The molecule has 0 fully saturated rings. The molecule has 1 aliphatic carbocycles. The molecule has 0 saturated carbocycles. The Kier molecular flexibility index (Phi) is 3.77. The first kappa shape index (κ1) is 12.8. The second-order valence-corrected chi connectivity index (χ2v) is 4.99. The third-order valence-corrected chi connectivity index (χ3v) is 3.21. The zero-order valence-electron chi connectivity index (χ0n) is 10.1. The van der Waals surface area contributed by atoms with Crippen LogP contribution in [0.25, 0.3) is 0 Å². The van der Waals surface area contributed by atoms with Crippen molar-refractivity contribution in [1.82, 2.24) is 0 Å². The molecule has 0 aromatic heterocycles. The van der Waals surface area contributed by atoms with Gasteiger partial charge < -0.3 is 10.4 Å². The average Bonchev–Trinajstić information content (AvgIpc) is 2.28. The van der Waals surface area contributed by atoms with Gasteiger partial charge in [0.25, 0.3) is 0 Å². The van der Waals surface area contributed by atoms with Crippen molar-refractivity contribution in [3.8, 4) is 0 Å². The van der Waals surface area contributed by atoms with Crippen LogP contribution in [0, 0.1) is 5.92 Å². The minimum Gasteiger partial charge on any atom is -0.511 e. The monoisotopic (exact) mass is 261 g/mol. The van der Waals surface area contributed by atoms with E-state index in [-0.39, 0.29) is 23.0 Å². The highest BCUT2D eigenvalue weighted by atomic mass is 32.1. The van der Waals surface area contributed by atoms with Gasteiger partial charge in [-0.05, 0) is 18.1 Å². The summed E-state index contributed by atoms with van der Waals surface area (Å²) < 4.78 is 0. The first-order valence-electron chi connectivity index (χ1n) is 5.89. The molecular formula is C14H15NO2S. The smallest absolute Gasteiger partial charge is 0.169 e. The number of carbonyl (C=O) groups excluding carboxylic acids is 1. The summed E-state index contributed by atoms with van der Waals surface area (Å²) in [6.45, 7) is 1.94. The largest absolute Gasteiger partial charge is 0.511 e. The fourth-order valence-corrected chi connectivity index (χ4v) is 2.41. The Labute approximate surface area is 112 Å². The second-order valence-electron chi connectivity index (χ2n) is 4.58. The number of ketones is 1. The van der Waals surface area contributed by atoms with E-state index in [0.717, 1.165) is 5.69 Å². The van der Waals surface area contributed by atoms with Gasteiger partial charge >= 0.3 is 0 Å². The number of carbonyl (C=O) groups is 1. The summed E-state index contributed by atoms with van der Waals surface area (Å²) in [6.07, 6.45) is 0.952. The van der Waals surface area contributed by atoms with E-state index in [4.69, 9.17) is 12.2 Å². The van der Waals surface area contributed by atoms with Gasteiger partial charge in [0.2, 0.25) is 0 Å². The van der Waals surface area contributed by atoms with Gasteiger partial charge in [0.05, 0.1) is 5.57 Å². The molecule has 0 radical (unpaired) electrons. The minimum atomic E-state index is -0.0836. The number of rotatable bonds is 2. The Hall–Kier alpha value is -1.68. The lowest BCUT2D eigenvalue weighted by molar-refractivity contribution is -0.116. The zero-order chi connectivity index (χ0) is 13.1. The van der Waals surface area contributed by atoms with Crippen molar-refractivity contribution in [2.45, 2.75) is 19.8 Å². The predicted octanol–water partition coefficient (Wildman–Crippen LogP) is 3.24. The van der Waals surface area contributed by atoms with E-state index in [9.17, 15) is 9.90 Å². The maximum atomic E-state index is 11.9. The maximum Gasteiger partial charge on any atom is 0.169 e. The Morgan fingerprint density at radius 2 is 2.00 bits per heavy atom. The molecule has 0 saturated heterocycles. The molecule has 4 heteroatoms. The Morgan fingerprint density at radius 1 is 1.33 bits per heavy atom. The van der Waals surface area contributed by atoms with Gasteiger partial charge in [-0.1, -0.05) is 37.3 Å². The molecule has 1 atom stereocenters. The van der Waals surface area contributed by atoms with Gasteiger partial charge in [-0.3, -0.25) is 4.79 Å². The van der Waals surface area contributed by atoms with Crippen molar-refractivity contribution in [2.75, 3.05) is 5.32 Å². The molecule has 3 nitrogen and oxygen atoms in total. The van der Waals surface area contributed by atoms with E-state index in [1.807, 2.05) is 37.3 Å². The van der Waals surface area contributed by atoms with E-state index in [2.05, 4.69) is 5.32 Å². The van der Waals surface area contributed by atoms with Crippen molar-refractivity contribution >= 4 is 28.7 Å². The van der Waals surface area contributed by atoms with E-state index in [1.165, 1.54) is 0 Å². The highest BCUT2D eigenvalue weighted by Crippen LogP contribution is 2.26. The summed E-state index contributed by atoms with van der Waals surface area (Å²) in [5.74, 6) is 0.202. The normalized spacial score (nSPS) is 19.8. The number of hydrogen-bond acceptors (Lipinski definition) is 3. The summed E-state index contributed by atoms with van der Waals surface area (Å²) in [5.41, 5.74) is 1.08. The van der Waals surface area contributed by atoms with Crippen LogP contribution in [0.15, 0.2) is 41.7 Å². The molecule has 2 N–H and O–H groups in total. The number of benzene rings is 1. The highest BCUT2D eigenvalue weighted by Gasteiger charge is 2.27. The number of nitrogens with one attached hydrogen (secondary N) is 1. The Morgan fingerprint density at radius 3 is 2.61 bits per heavy atom. The number of allylic oxidation sites excluding steroid dienone is 1. The van der Waals surface area contributed by atoms with Gasteiger partial charge in [0.15, 0.2) is 5.78 Å². The zero-order valence-corrected chi connectivity index (χ0v) is 11.0. The lowest BCUT2D eigenvalue weighted by Crippen LogP contribution is -2.26. The summed E-state index contributed by atoms with van der Waals surface area (Å²) in [7, 11) is 0. The Balaban J connectivity index is 2.19. The second kappa shape index (κ2) is 5.31. The van der Waals surface area contributed by atoms with Crippen molar-refractivity contribution in [2.24, 2.45) is 5.92 Å². The summed E-state index contributed by atoms with van der Waals surface area (Å²) in [6, 6.07) is 9.38. The first-order chi connectivity index (χ1) is 8.58. The number of Topliss-reactive ketones (excluding diaryl/α,β-unsaturated/α-hetero) is 1. The van der Waals surface area contributed by atoms with Gasteiger partial charge in [0, 0.05) is 18.5 Å². The Bertz CT molecular complexity index is 508. The SMILES string of the molecule is CC1CC(=O)C(C(=S)Nc2ccccc2)=C(O)C1. The summed E-state index contributed by atoms with van der Waals surface area (Å²) in [5, 5.41) is 12.9. The minimum absolute atomic E-state index is 0.0836. The summed E-state index contributed by atoms with van der Waals surface area (Å²) >= 11 is 5.20. The number of aliphatic hydroxyl groups excluding tert-OH is 1. The molecular weight excluding hydrogens is 246 g/mol. The molecule has 1 unspecified atom stereocenters. The molecule has 0 bridgehead atoms. The fraction of sp³-hybridized carbons (Fsp3) is 0.286. The van der Waals surface area contributed by atoms with E-state index < -0.39 is 0 Å². The summed E-state index contributed by atoms with van der Waals surface area (Å²) in [4.78, 5) is 12.2. The van der Waals surface area contributed by atoms with Crippen molar-refractivity contribution in [3.05, 3.63) is 41.7 Å². The van der Waals surface area contributed by atoms with E-state index in [1.54, 1.807) is 0 Å². The van der Waals surface area contributed by atoms with Crippen molar-refractivity contribution < 1.29 is 9.90 Å². The molecule has 0 spiro atoms. The highest BCUT2D eigenvalue weighted by molar-refractivity contribution is 7.81. The topological polar surface area (TPSA) is 49.3 Å². The molecule has 0 heterocycles. The van der Waals surface area contributed by atoms with E-state index >= 15 is 0 Å². The number of thiocarbonyl (C=S) groups is 1. The third-order valence-electron chi connectivity index (χ3n) is 2.90. The predicted molar refractivity (Wildman–Crippen MR) is 75.7 cm³/mol. The van der Waals surface area contributed by atoms with Crippen LogP contribution in [0.1, 0.15) is 19.8 Å². The van der Waals surface area contributed by atoms with Gasteiger partial charge in [-0.2, -0.15) is 0 Å². The lowest BCUT2D eigenvalue weighted by Gasteiger charge is -2.21. The average molecular weight is 261 g/mol. The maximum absolute atomic E-state index is 11.9. The molecule has 1 aliphatic rings. The van der Waals surface area contributed by atoms with Crippen LogP contribution >= 0.6 is 12.2 Å². The molecule has 0 aliphatic heterocycles. The number of hydrogen-bond donors (Lipinski definition) is 2. The van der Waals surface area contributed by atoms with Crippen LogP contribution < -0.4 is 5.32 Å². The van der Waals surface area contributed by atoms with Crippen LogP contribution in [0.5, 0.6) is 0 Å². The van der Waals surface area contributed by atoms with Crippen LogP contribution in [0.4, 0.5) is 5.69 Å². The molecule has 2 rings (SSSR count). The number of anilines is 1. The van der Waals surface area contributed by atoms with Crippen LogP contribution in [0.3, 0.4) is 0 Å². The van der Waals surface area contributed by atoms with Crippen LogP contribution in [-0.4, -0.2) is 15.9 Å². The standard InChI is InChI=1S/C14H15NO2S/c1-9-7-11(16)13(12(17)8-9)14(18)15-10-5-3-2-4-6-10/h2-6,9,16H,7-8H2,1H3,(H,15,18).